The van der Waals surface area contributed by atoms with Crippen LogP contribution in [-0.2, 0) is 6.54 Å². The van der Waals surface area contributed by atoms with Gasteiger partial charge in [0.25, 0.3) is 0 Å². The maximum atomic E-state index is 4.51. The second kappa shape index (κ2) is 7.86. The van der Waals surface area contributed by atoms with Gasteiger partial charge >= 0.3 is 0 Å². The average molecular weight is 331 g/mol. The van der Waals surface area contributed by atoms with Gasteiger partial charge in [-0.2, -0.15) is 0 Å². The molecule has 0 radical (unpaired) electrons. The molecule has 124 valence electrons. The first-order valence-corrected chi connectivity index (χ1v) is 9.08. The maximum absolute atomic E-state index is 4.51. The summed E-state index contributed by atoms with van der Waals surface area (Å²) >= 11 is 1.81. The molecule has 5 nitrogen and oxygen atoms in total. The summed E-state index contributed by atoms with van der Waals surface area (Å²) in [4.78, 5) is 14.9. The Balaban J connectivity index is 1.51. The second-order valence-electron chi connectivity index (χ2n) is 6.21. The molecule has 0 bridgehead atoms. The van der Waals surface area contributed by atoms with Crippen LogP contribution in [0.25, 0.3) is 0 Å². The number of aromatic nitrogens is 2. The lowest BCUT2D eigenvalue weighted by molar-refractivity contribution is 0.292. The van der Waals surface area contributed by atoms with E-state index in [1.54, 1.807) is 0 Å². The number of hydrogen-bond acceptors (Lipinski definition) is 6. The summed E-state index contributed by atoms with van der Waals surface area (Å²) in [5.74, 6) is 0.871. The van der Waals surface area contributed by atoms with Crippen LogP contribution >= 0.6 is 11.3 Å². The number of nitrogens with one attached hydrogen (secondary N) is 1. The Bertz CT molecular complexity index is 576. The monoisotopic (exact) mass is 331 g/mol. The molecule has 6 heteroatoms. The fraction of sp³-hybridized carbons (Fsp3) is 0.529. The molecule has 3 rings (SSSR count). The van der Waals surface area contributed by atoms with Gasteiger partial charge in [0.1, 0.15) is 0 Å². The lowest BCUT2D eigenvalue weighted by atomic mass is 10.2. The van der Waals surface area contributed by atoms with Crippen molar-refractivity contribution >= 4 is 17.3 Å². The molecule has 0 spiro atoms. The Morgan fingerprint density at radius 1 is 1.26 bits per heavy atom. The van der Waals surface area contributed by atoms with E-state index in [9.17, 15) is 0 Å². The van der Waals surface area contributed by atoms with Gasteiger partial charge < -0.3 is 15.1 Å². The van der Waals surface area contributed by atoms with Crippen LogP contribution in [0.15, 0.2) is 29.9 Å². The Labute approximate surface area is 142 Å². The highest BCUT2D eigenvalue weighted by Gasteiger charge is 2.16. The first-order chi connectivity index (χ1) is 11.2. The van der Waals surface area contributed by atoms with Crippen molar-refractivity contribution in [2.75, 3.05) is 38.6 Å². The Hall–Kier alpha value is -1.50. The van der Waals surface area contributed by atoms with Gasteiger partial charge in [0.05, 0.1) is 6.04 Å². The van der Waals surface area contributed by atoms with Crippen LogP contribution in [0, 0.1) is 0 Å². The van der Waals surface area contributed by atoms with Crippen LogP contribution in [0.3, 0.4) is 0 Å². The van der Waals surface area contributed by atoms with Gasteiger partial charge in [0.2, 0.25) is 5.95 Å². The summed E-state index contributed by atoms with van der Waals surface area (Å²) in [5, 5.41) is 5.67. The van der Waals surface area contributed by atoms with Crippen molar-refractivity contribution in [1.29, 1.82) is 0 Å². The largest absolute Gasteiger partial charge is 0.341 e. The van der Waals surface area contributed by atoms with E-state index in [2.05, 4.69) is 56.7 Å². The van der Waals surface area contributed by atoms with Crippen molar-refractivity contribution in [2.24, 2.45) is 0 Å². The van der Waals surface area contributed by atoms with Crippen molar-refractivity contribution in [2.45, 2.75) is 25.4 Å². The van der Waals surface area contributed by atoms with Crippen molar-refractivity contribution in [3.63, 3.8) is 0 Å². The van der Waals surface area contributed by atoms with Crippen molar-refractivity contribution < 1.29 is 0 Å². The highest BCUT2D eigenvalue weighted by atomic mass is 32.1. The lowest BCUT2D eigenvalue weighted by Crippen LogP contribution is -2.30. The molecule has 2 aromatic heterocycles. The van der Waals surface area contributed by atoms with Crippen LogP contribution < -0.4 is 10.2 Å². The predicted molar refractivity (Wildman–Crippen MR) is 95.9 cm³/mol. The van der Waals surface area contributed by atoms with Gasteiger partial charge in [-0.3, -0.25) is 0 Å². The minimum absolute atomic E-state index is 0.403. The SMILES string of the molecule is CN(C)[C@H](CNCc1cnc(N2CCCC2)nc1)c1cccs1. The molecule has 3 heterocycles. The summed E-state index contributed by atoms with van der Waals surface area (Å²) in [5.41, 5.74) is 1.14. The highest BCUT2D eigenvalue weighted by Crippen LogP contribution is 2.22. The number of anilines is 1. The number of likely N-dealkylation sites (N-methyl/N-ethyl adjacent to an activating group) is 1. The topological polar surface area (TPSA) is 44.3 Å². The van der Waals surface area contributed by atoms with Gasteiger partial charge in [-0.1, -0.05) is 6.07 Å². The van der Waals surface area contributed by atoms with Gasteiger partial charge in [0.15, 0.2) is 0 Å². The molecule has 1 atom stereocenters. The second-order valence-corrected chi connectivity index (χ2v) is 7.19. The molecule has 0 unspecified atom stereocenters. The summed E-state index contributed by atoms with van der Waals surface area (Å²) in [7, 11) is 4.25. The van der Waals surface area contributed by atoms with Crippen LogP contribution in [0.2, 0.25) is 0 Å². The Kier molecular flexibility index (Phi) is 5.59. The number of nitrogens with zero attached hydrogens (tertiary/aromatic N) is 4. The number of thiophene rings is 1. The molecule has 1 aliphatic rings. The van der Waals surface area contributed by atoms with E-state index in [0.717, 1.165) is 37.7 Å². The molecular formula is C17H25N5S. The fourth-order valence-corrected chi connectivity index (χ4v) is 3.81. The number of hydrogen-bond donors (Lipinski definition) is 1. The lowest BCUT2D eigenvalue weighted by Gasteiger charge is -2.23. The summed E-state index contributed by atoms with van der Waals surface area (Å²) < 4.78 is 0. The molecule has 1 N–H and O–H groups in total. The molecule has 23 heavy (non-hydrogen) atoms. The molecular weight excluding hydrogens is 306 g/mol. The highest BCUT2D eigenvalue weighted by molar-refractivity contribution is 7.10. The quantitative estimate of drug-likeness (QED) is 0.845. The van der Waals surface area contributed by atoms with Crippen molar-refractivity contribution in [3.05, 3.63) is 40.3 Å². The van der Waals surface area contributed by atoms with E-state index in [0.29, 0.717) is 6.04 Å². The van der Waals surface area contributed by atoms with E-state index >= 15 is 0 Å². The van der Waals surface area contributed by atoms with E-state index in [1.807, 2.05) is 23.7 Å². The molecule has 0 aliphatic carbocycles. The molecule has 1 aliphatic heterocycles. The minimum atomic E-state index is 0.403. The summed E-state index contributed by atoms with van der Waals surface area (Å²) in [6, 6.07) is 4.71. The van der Waals surface area contributed by atoms with Gasteiger partial charge in [-0.15, -0.1) is 11.3 Å². The molecule has 1 fully saturated rings. The maximum Gasteiger partial charge on any atom is 0.225 e. The summed E-state index contributed by atoms with van der Waals surface area (Å²) in [6.07, 6.45) is 6.40. The van der Waals surface area contributed by atoms with Gasteiger partial charge in [-0.25, -0.2) is 9.97 Å². The summed E-state index contributed by atoms with van der Waals surface area (Å²) in [6.45, 7) is 3.89. The van der Waals surface area contributed by atoms with Crippen LogP contribution in [0.5, 0.6) is 0 Å². The minimum Gasteiger partial charge on any atom is -0.341 e. The van der Waals surface area contributed by atoms with Gasteiger partial charge in [0, 0.05) is 49.0 Å². The normalized spacial score (nSPS) is 16.2. The smallest absolute Gasteiger partial charge is 0.225 e. The van der Waals surface area contributed by atoms with Crippen molar-refractivity contribution in [3.8, 4) is 0 Å². The zero-order valence-corrected chi connectivity index (χ0v) is 14.7. The number of rotatable bonds is 7. The average Bonchev–Trinajstić information content (AvgIpc) is 3.25. The van der Waals surface area contributed by atoms with E-state index in [4.69, 9.17) is 0 Å². The zero-order chi connectivity index (χ0) is 16.1. The van der Waals surface area contributed by atoms with Crippen LogP contribution in [0.1, 0.15) is 29.3 Å². The molecule has 0 aromatic carbocycles. The molecule has 2 aromatic rings. The first-order valence-electron chi connectivity index (χ1n) is 8.20. The zero-order valence-electron chi connectivity index (χ0n) is 13.9. The first kappa shape index (κ1) is 16.4. The molecule has 0 amide bonds. The molecule has 0 saturated carbocycles. The third kappa shape index (κ3) is 4.28. The van der Waals surface area contributed by atoms with Crippen LogP contribution in [-0.4, -0.2) is 48.6 Å². The third-order valence-corrected chi connectivity index (χ3v) is 5.22. The fourth-order valence-electron chi connectivity index (χ4n) is 2.89. The third-order valence-electron chi connectivity index (χ3n) is 4.24. The van der Waals surface area contributed by atoms with E-state index < -0.39 is 0 Å². The predicted octanol–water partition coefficient (Wildman–Crippen LogP) is 2.53. The Morgan fingerprint density at radius 3 is 2.61 bits per heavy atom. The Morgan fingerprint density at radius 2 is 2.00 bits per heavy atom. The van der Waals surface area contributed by atoms with Crippen molar-refractivity contribution in [1.82, 2.24) is 20.2 Å². The van der Waals surface area contributed by atoms with Gasteiger partial charge in [-0.05, 0) is 38.4 Å². The van der Waals surface area contributed by atoms with E-state index in [-0.39, 0.29) is 0 Å². The molecule has 1 saturated heterocycles. The standard InChI is InChI=1S/C17H25N5S/c1-21(2)15(16-6-5-9-23-16)13-18-10-14-11-19-17(20-12-14)22-7-3-4-8-22/h5-6,9,11-12,15,18H,3-4,7-8,10,13H2,1-2H3/t15-/m1/s1. The van der Waals surface area contributed by atoms with Crippen LogP contribution in [0.4, 0.5) is 5.95 Å². The van der Waals surface area contributed by atoms with E-state index in [1.165, 1.54) is 17.7 Å².